The molecule has 84 valence electrons. The van der Waals surface area contributed by atoms with Crippen molar-refractivity contribution < 1.29 is 13.9 Å². The van der Waals surface area contributed by atoms with Crippen molar-refractivity contribution >= 4 is 0 Å². The van der Waals surface area contributed by atoms with Crippen LogP contribution in [0.25, 0.3) is 0 Å². The van der Waals surface area contributed by atoms with E-state index in [0.717, 1.165) is 6.07 Å². The quantitative estimate of drug-likeness (QED) is 0.803. The molecule has 0 atom stereocenters. The van der Waals surface area contributed by atoms with E-state index in [-0.39, 0.29) is 18.7 Å². The second-order valence-corrected chi connectivity index (χ2v) is 4.11. The summed E-state index contributed by atoms with van der Waals surface area (Å²) in [5.41, 5.74) is -0.241. The zero-order chi connectivity index (χ0) is 11.5. The Morgan fingerprint density at radius 3 is 2.60 bits per heavy atom. The number of rotatable bonds is 4. The summed E-state index contributed by atoms with van der Waals surface area (Å²) in [7, 11) is 0. The molecule has 0 bridgehead atoms. The van der Waals surface area contributed by atoms with Crippen LogP contribution in [0, 0.1) is 11.6 Å². The molecule has 0 fully saturated rings. The molecule has 4 heteroatoms. The highest BCUT2D eigenvalue weighted by Crippen LogP contribution is 2.12. The Bertz CT molecular complexity index is 339. The standard InChI is InChI=1S/C11H15F2NO/c1-11(2,7-15)14-6-8-4-3-5-9(12)10(8)13/h3-5,14-15H,6-7H2,1-2H3. The minimum atomic E-state index is -0.851. The van der Waals surface area contributed by atoms with Crippen molar-refractivity contribution in [1.82, 2.24) is 5.32 Å². The van der Waals surface area contributed by atoms with E-state index in [1.807, 2.05) is 0 Å². The van der Waals surface area contributed by atoms with Crippen molar-refractivity contribution in [2.45, 2.75) is 25.9 Å². The summed E-state index contributed by atoms with van der Waals surface area (Å²) in [5.74, 6) is -1.69. The molecule has 2 nitrogen and oxygen atoms in total. The molecule has 0 radical (unpaired) electrons. The molecule has 0 saturated carbocycles. The van der Waals surface area contributed by atoms with Crippen LogP contribution in [-0.4, -0.2) is 17.3 Å². The van der Waals surface area contributed by atoms with Gasteiger partial charge in [0, 0.05) is 17.6 Å². The van der Waals surface area contributed by atoms with Crippen molar-refractivity contribution in [3.05, 3.63) is 35.4 Å². The first kappa shape index (κ1) is 12.1. The van der Waals surface area contributed by atoms with E-state index < -0.39 is 17.2 Å². The fourth-order valence-corrected chi connectivity index (χ4v) is 1.08. The number of hydrogen-bond donors (Lipinski definition) is 2. The fourth-order valence-electron chi connectivity index (χ4n) is 1.08. The maximum atomic E-state index is 13.2. The Labute approximate surface area is 87.9 Å². The molecule has 0 amide bonds. The Hall–Kier alpha value is -1.00. The summed E-state index contributed by atoms with van der Waals surface area (Å²) in [6.07, 6.45) is 0. The summed E-state index contributed by atoms with van der Waals surface area (Å²) in [6.45, 7) is 3.69. The van der Waals surface area contributed by atoms with Crippen LogP contribution in [0.3, 0.4) is 0 Å². The normalized spacial score (nSPS) is 11.8. The largest absolute Gasteiger partial charge is 0.394 e. The molecule has 1 aromatic rings. The van der Waals surface area contributed by atoms with E-state index >= 15 is 0 Å². The van der Waals surface area contributed by atoms with E-state index in [2.05, 4.69) is 5.32 Å². The van der Waals surface area contributed by atoms with Crippen molar-refractivity contribution in [2.24, 2.45) is 0 Å². The first-order chi connectivity index (χ1) is 6.96. The number of nitrogens with one attached hydrogen (secondary N) is 1. The van der Waals surface area contributed by atoms with Gasteiger partial charge in [0.25, 0.3) is 0 Å². The lowest BCUT2D eigenvalue weighted by Gasteiger charge is -2.23. The van der Waals surface area contributed by atoms with Gasteiger partial charge in [0.15, 0.2) is 11.6 Å². The smallest absolute Gasteiger partial charge is 0.163 e. The van der Waals surface area contributed by atoms with E-state index in [1.54, 1.807) is 13.8 Å². The van der Waals surface area contributed by atoms with Gasteiger partial charge in [-0.25, -0.2) is 8.78 Å². The number of aliphatic hydroxyl groups is 1. The van der Waals surface area contributed by atoms with Gasteiger partial charge in [-0.15, -0.1) is 0 Å². The molecule has 0 aliphatic rings. The van der Waals surface area contributed by atoms with Crippen molar-refractivity contribution in [3.8, 4) is 0 Å². The lowest BCUT2D eigenvalue weighted by Crippen LogP contribution is -2.42. The number of aliphatic hydroxyl groups excluding tert-OH is 1. The number of halogens is 2. The van der Waals surface area contributed by atoms with Gasteiger partial charge in [-0.3, -0.25) is 0 Å². The van der Waals surface area contributed by atoms with Gasteiger partial charge >= 0.3 is 0 Å². The number of benzene rings is 1. The summed E-state index contributed by atoms with van der Waals surface area (Å²) in [4.78, 5) is 0. The maximum Gasteiger partial charge on any atom is 0.163 e. The lowest BCUT2D eigenvalue weighted by molar-refractivity contribution is 0.187. The zero-order valence-corrected chi connectivity index (χ0v) is 8.85. The van der Waals surface area contributed by atoms with Crippen LogP contribution in [0.15, 0.2) is 18.2 Å². The Morgan fingerprint density at radius 2 is 2.00 bits per heavy atom. The van der Waals surface area contributed by atoms with Crippen LogP contribution >= 0.6 is 0 Å². The predicted molar refractivity (Wildman–Crippen MR) is 54.4 cm³/mol. The highest BCUT2D eigenvalue weighted by molar-refractivity contribution is 5.18. The van der Waals surface area contributed by atoms with E-state index in [1.165, 1.54) is 12.1 Å². The summed E-state index contributed by atoms with van der Waals surface area (Å²) >= 11 is 0. The lowest BCUT2D eigenvalue weighted by atomic mass is 10.1. The topological polar surface area (TPSA) is 32.3 Å². The first-order valence-corrected chi connectivity index (χ1v) is 4.75. The Morgan fingerprint density at radius 1 is 1.33 bits per heavy atom. The van der Waals surface area contributed by atoms with Crippen LogP contribution in [0.2, 0.25) is 0 Å². The second kappa shape index (κ2) is 4.68. The van der Waals surface area contributed by atoms with E-state index in [0.29, 0.717) is 0 Å². The van der Waals surface area contributed by atoms with Crippen molar-refractivity contribution in [3.63, 3.8) is 0 Å². The Balaban J connectivity index is 2.70. The Kier molecular flexibility index (Phi) is 3.77. The molecular weight excluding hydrogens is 200 g/mol. The molecule has 15 heavy (non-hydrogen) atoms. The molecule has 0 aliphatic heterocycles. The third-order valence-electron chi connectivity index (χ3n) is 2.18. The van der Waals surface area contributed by atoms with E-state index in [4.69, 9.17) is 5.11 Å². The van der Waals surface area contributed by atoms with Crippen LogP contribution in [0.5, 0.6) is 0 Å². The number of hydrogen-bond acceptors (Lipinski definition) is 2. The highest BCUT2D eigenvalue weighted by Gasteiger charge is 2.16. The SMILES string of the molecule is CC(C)(CO)NCc1cccc(F)c1F. The minimum absolute atomic E-state index is 0.0655. The molecule has 0 spiro atoms. The molecule has 0 aliphatic carbocycles. The molecule has 0 saturated heterocycles. The fraction of sp³-hybridized carbons (Fsp3) is 0.455. The molecule has 1 rings (SSSR count). The van der Waals surface area contributed by atoms with Crippen molar-refractivity contribution in [2.75, 3.05) is 6.61 Å². The van der Waals surface area contributed by atoms with Crippen LogP contribution in [0.1, 0.15) is 19.4 Å². The maximum absolute atomic E-state index is 13.2. The molecular formula is C11H15F2NO. The first-order valence-electron chi connectivity index (χ1n) is 4.75. The molecule has 0 heterocycles. The van der Waals surface area contributed by atoms with E-state index in [9.17, 15) is 8.78 Å². The highest BCUT2D eigenvalue weighted by atomic mass is 19.2. The molecule has 0 unspecified atom stereocenters. The van der Waals surface area contributed by atoms with Gasteiger partial charge in [-0.05, 0) is 19.9 Å². The monoisotopic (exact) mass is 215 g/mol. The average molecular weight is 215 g/mol. The van der Waals surface area contributed by atoms with Gasteiger partial charge in [0.05, 0.1) is 6.61 Å². The molecule has 0 aromatic heterocycles. The second-order valence-electron chi connectivity index (χ2n) is 4.11. The van der Waals surface area contributed by atoms with Gasteiger partial charge in [-0.1, -0.05) is 12.1 Å². The van der Waals surface area contributed by atoms with Gasteiger partial charge in [-0.2, -0.15) is 0 Å². The third-order valence-corrected chi connectivity index (χ3v) is 2.18. The zero-order valence-electron chi connectivity index (χ0n) is 8.85. The summed E-state index contributed by atoms with van der Waals surface area (Å²) < 4.78 is 26.0. The minimum Gasteiger partial charge on any atom is -0.394 e. The van der Waals surface area contributed by atoms with Crippen LogP contribution < -0.4 is 5.32 Å². The van der Waals surface area contributed by atoms with Gasteiger partial charge in [0.2, 0.25) is 0 Å². The predicted octanol–water partition coefficient (Wildman–Crippen LogP) is 1.83. The molecule has 2 N–H and O–H groups in total. The summed E-state index contributed by atoms with van der Waals surface area (Å²) in [5, 5.41) is 11.9. The van der Waals surface area contributed by atoms with Crippen LogP contribution in [0.4, 0.5) is 8.78 Å². The van der Waals surface area contributed by atoms with Gasteiger partial charge < -0.3 is 10.4 Å². The average Bonchev–Trinajstić information content (AvgIpc) is 2.20. The summed E-state index contributed by atoms with van der Waals surface area (Å²) in [6, 6.07) is 4.05. The third kappa shape index (κ3) is 3.25. The van der Waals surface area contributed by atoms with Crippen LogP contribution in [-0.2, 0) is 6.54 Å². The van der Waals surface area contributed by atoms with Gasteiger partial charge in [0.1, 0.15) is 0 Å². The van der Waals surface area contributed by atoms with Crippen molar-refractivity contribution in [1.29, 1.82) is 0 Å². The molecule has 1 aromatic carbocycles.